The average Bonchev–Trinajstić information content (AvgIpc) is 3.09. The summed E-state index contributed by atoms with van der Waals surface area (Å²) in [6, 6.07) is 16.4. The Labute approximate surface area is 126 Å². The van der Waals surface area contributed by atoms with Crippen LogP contribution in [0.4, 0.5) is 5.69 Å². The van der Waals surface area contributed by atoms with Crippen LogP contribution in [-0.2, 0) is 4.79 Å². The second kappa shape index (κ2) is 4.70. The minimum atomic E-state index is -0.321. The molecule has 1 N–H and O–H groups in total. The SMILES string of the molecule is O=C1Nc2ccccc2C1=CC(=O)c1cc2ccccc2o1. The van der Waals surface area contributed by atoms with E-state index in [1.165, 1.54) is 6.08 Å². The molecule has 2 aromatic carbocycles. The number of nitrogens with one attached hydrogen (secondary N) is 1. The molecule has 0 bridgehead atoms. The van der Waals surface area contributed by atoms with Gasteiger partial charge < -0.3 is 9.73 Å². The van der Waals surface area contributed by atoms with Crippen molar-refractivity contribution in [2.75, 3.05) is 5.32 Å². The smallest absolute Gasteiger partial charge is 0.256 e. The maximum atomic E-state index is 12.4. The van der Waals surface area contributed by atoms with Crippen LogP contribution < -0.4 is 5.32 Å². The molecule has 0 saturated heterocycles. The third-order valence-corrected chi connectivity index (χ3v) is 3.65. The molecule has 0 radical (unpaired) electrons. The van der Waals surface area contributed by atoms with E-state index in [2.05, 4.69) is 5.32 Å². The first-order chi connectivity index (χ1) is 10.7. The van der Waals surface area contributed by atoms with Gasteiger partial charge in [0.15, 0.2) is 5.76 Å². The predicted octanol–water partition coefficient (Wildman–Crippen LogP) is 3.65. The summed E-state index contributed by atoms with van der Waals surface area (Å²) in [5, 5.41) is 3.60. The van der Waals surface area contributed by atoms with Gasteiger partial charge in [0.25, 0.3) is 5.91 Å². The summed E-state index contributed by atoms with van der Waals surface area (Å²) in [4.78, 5) is 24.4. The van der Waals surface area contributed by atoms with Gasteiger partial charge in [-0.15, -0.1) is 0 Å². The van der Waals surface area contributed by atoms with Gasteiger partial charge >= 0.3 is 0 Å². The summed E-state index contributed by atoms with van der Waals surface area (Å²) in [7, 11) is 0. The quantitative estimate of drug-likeness (QED) is 0.578. The van der Waals surface area contributed by atoms with Crippen LogP contribution in [-0.4, -0.2) is 11.7 Å². The van der Waals surface area contributed by atoms with Crippen LogP contribution in [0.3, 0.4) is 0 Å². The lowest BCUT2D eigenvalue weighted by molar-refractivity contribution is -0.110. The number of amides is 1. The van der Waals surface area contributed by atoms with Gasteiger partial charge in [0.05, 0.1) is 5.57 Å². The summed E-state index contributed by atoms with van der Waals surface area (Å²) in [6.45, 7) is 0. The van der Waals surface area contributed by atoms with Gasteiger partial charge in [0.2, 0.25) is 5.78 Å². The summed E-state index contributed by atoms with van der Waals surface area (Å²) in [5.74, 6) is -0.366. The molecule has 3 aromatic rings. The van der Waals surface area contributed by atoms with Crippen molar-refractivity contribution >= 4 is 33.9 Å². The molecule has 0 aliphatic carbocycles. The van der Waals surface area contributed by atoms with Gasteiger partial charge in [0.1, 0.15) is 5.58 Å². The summed E-state index contributed by atoms with van der Waals surface area (Å²) >= 11 is 0. The van der Waals surface area contributed by atoms with E-state index < -0.39 is 0 Å². The monoisotopic (exact) mass is 289 g/mol. The molecule has 1 aliphatic heterocycles. The van der Waals surface area contributed by atoms with E-state index in [1.807, 2.05) is 36.4 Å². The first-order valence-corrected chi connectivity index (χ1v) is 6.88. The Hall–Kier alpha value is -3.14. The van der Waals surface area contributed by atoms with Crippen LogP contribution in [0, 0.1) is 0 Å². The lowest BCUT2D eigenvalue weighted by atomic mass is 10.1. The van der Waals surface area contributed by atoms with Crippen molar-refractivity contribution in [1.82, 2.24) is 0 Å². The second-order valence-corrected chi connectivity index (χ2v) is 5.07. The van der Waals surface area contributed by atoms with Gasteiger partial charge in [-0.1, -0.05) is 36.4 Å². The molecule has 0 saturated carbocycles. The standard InChI is InChI=1S/C18H11NO3/c20-15(17-9-11-5-1-4-8-16(11)22-17)10-13-12-6-2-3-7-14(12)19-18(13)21/h1-10H,(H,19,21). The fraction of sp³-hybridized carbons (Fsp3) is 0. The first kappa shape index (κ1) is 12.6. The lowest BCUT2D eigenvalue weighted by Crippen LogP contribution is -2.05. The van der Waals surface area contributed by atoms with Crippen LogP contribution in [0.15, 0.2) is 65.1 Å². The highest BCUT2D eigenvalue weighted by Gasteiger charge is 2.25. The number of allylic oxidation sites excluding steroid dienone is 1. The van der Waals surface area contributed by atoms with Crippen molar-refractivity contribution in [3.63, 3.8) is 0 Å². The number of para-hydroxylation sites is 2. The van der Waals surface area contributed by atoms with Crippen LogP contribution in [0.5, 0.6) is 0 Å². The van der Waals surface area contributed by atoms with E-state index in [9.17, 15) is 9.59 Å². The van der Waals surface area contributed by atoms with Crippen molar-refractivity contribution in [1.29, 1.82) is 0 Å². The Morgan fingerprint density at radius 3 is 2.68 bits per heavy atom. The van der Waals surface area contributed by atoms with Crippen molar-refractivity contribution in [2.24, 2.45) is 0 Å². The van der Waals surface area contributed by atoms with Crippen LogP contribution in [0.25, 0.3) is 16.5 Å². The Morgan fingerprint density at radius 2 is 1.82 bits per heavy atom. The van der Waals surface area contributed by atoms with Gasteiger partial charge in [0, 0.05) is 22.7 Å². The van der Waals surface area contributed by atoms with Crippen molar-refractivity contribution < 1.29 is 14.0 Å². The minimum absolute atomic E-state index is 0.228. The molecule has 1 aliphatic rings. The fourth-order valence-electron chi connectivity index (χ4n) is 2.59. The molecule has 1 aromatic heterocycles. The Bertz CT molecular complexity index is 917. The van der Waals surface area contributed by atoms with Crippen LogP contribution in [0.2, 0.25) is 0 Å². The Balaban J connectivity index is 1.76. The van der Waals surface area contributed by atoms with E-state index in [-0.39, 0.29) is 17.5 Å². The zero-order valence-electron chi connectivity index (χ0n) is 11.5. The zero-order chi connectivity index (χ0) is 15.1. The molecule has 4 rings (SSSR count). The van der Waals surface area contributed by atoms with E-state index in [0.717, 1.165) is 16.6 Å². The van der Waals surface area contributed by atoms with Gasteiger partial charge in [-0.3, -0.25) is 9.59 Å². The molecule has 4 nitrogen and oxygen atoms in total. The fourth-order valence-corrected chi connectivity index (χ4v) is 2.59. The van der Waals surface area contributed by atoms with E-state index >= 15 is 0 Å². The van der Waals surface area contributed by atoms with Crippen molar-refractivity contribution in [3.05, 3.63) is 72.0 Å². The number of hydrogen-bond donors (Lipinski definition) is 1. The normalized spacial score (nSPS) is 15.1. The molecule has 4 heteroatoms. The number of fused-ring (bicyclic) bond motifs is 2. The number of anilines is 1. The number of benzene rings is 2. The molecule has 0 fully saturated rings. The van der Waals surface area contributed by atoms with E-state index in [1.54, 1.807) is 18.2 Å². The third kappa shape index (κ3) is 1.93. The predicted molar refractivity (Wildman–Crippen MR) is 83.6 cm³/mol. The van der Waals surface area contributed by atoms with E-state index in [0.29, 0.717) is 11.2 Å². The first-order valence-electron chi connectivity index (χ1n) is 6.88. The second-order valence-electron chi connectivity index (χ2n) is 5.07. The molecule has 2 heterocycles. The number of hydrogen-bond acceptors (Lipinski definition) is 3. The maximum absolute atomic E-state index is 12.4. The van der Waals surface area contributed by atoms with E-state index in [4.69, 9.17) is 4.42 Å². The molecule has 0 unspecified atom stereocenters. The summed E-state index contributed by atoms with van der Waals surface area (Å²) < 4.78 is 5.54. The number of rotatable bonds is 2. The molecular formula is C18H11NO3. The van der Waals surface area contributed by atoms with Crippen LogP contribution in [0.1, 0.15) is 16.1 Å². The molecule has 1 amide bonds. The van der Waals surface area contributed by atoms with Gasteiger partial charge in [-0.2, -0.15) is 0 Å². The molecular weight excluding hydrogens is 278 g/mol. The average molecular weight is 289 g/mol. The number of ketones is 1. The lowest BCUT2D eigenvalue weighted by Gasteiger charge is -1.96. The Morgan fingerprint density at radius 1 is 1.05 bits per heavy atom. The highest BCUT2D eigenvalue weighted by atomic mass is 16.3. The van der Waals surface area contributed by atoms with Crippen molar-refractivity contribution in [3.8, 4) is 0 Å². The molecule has 0 atom stereocenters. The van der Waals surface area contributed by atoms with Crippen molar-refractivity contribution in [2.45, 2.75) is 0 Å². The topological polar surface area (TPSA) is 59.3 Å². The van der Waals surface area contributed by atoms with Gasteiger partial charge in [-0.25, -0.2) is 0 Å². The molecule has 106 valence electrons. The summed E-state index contributed by atoms with van der Waals surface area (Å²) in [6.07, 6.45) is 1.33. The highest BCUT2D eigenvalue weighted by molar-refractivity contribution is 6.34. The summed E-state index contributed by atoms with van der Waals surface area (Å²) in [5.41, 5.74) is 2.47. The van der Waals surface area contributed by atoms with Gasteiger partial charge in [-0.05, 0) is 18.2 Å². The highest BCUT2D eigenvalue weighted by Crippen LogP contribution is 2.31. The maximum Gasteiger partial charge on any atom is 0.256 e. The molecule has 22 heavy (non-hydrogen) atoms. The third-order valence-electron chi connectivity index (χ3n) is 3.65. The number of carbonyl (C=O) groups is 2. The minimum Gasteiger partial charge on any atom is -0.453 e. The number of furan rings is 1. The largest absolute Gasteiger partial charge is 0.453 e. The zero-order valence-corrected chi connectivity index (χ0v) is 11.5. The van der Waals surface area contributed by atoms with Crippen LogP contribution >= 0.6 is 0 Å². The Kier molecular flexibility index (Phi) is 2.69. The molecule has 0 spiro atoms. The number of carbonyl (C=O) groups excluding carboxylic acids is 2.